The van der Waals surface area contributed by atoms with Crippen LogP contribution >= 0.6 is 0 Å². The van der Waals surface area contributed by atoms with Gasteiger partial charge >= 0.3 is 5.97 Å². The number of hydrogen-bond acceptors (Lipinski definition) is 8. The molecule has 0 aromatic carbocycles. The summed E-state index contributed by atoms with van der Waals surface area (Å²) in [6.07, 6.45) is 0.580. The zero-order chi connectivity index (χ0) is 21.7. The molecule has 10 heteroatoms. The summed E-state index contributed by atoms with van der Waals surface area (Å²) in [5.74, 6) is -0.973. The lowest BCUT2D eigenvalue weighted by Crippen LogP contribution is -2.66. The van der Waals surface area contributed by atoms with Crippen LogP contribution in [0.25, 0.3) is 0 Å². The topological polar surface area (TPSA) is 139 Å². The third-order valence-corrected chi connectivity index (χ3v) is 5.68. The fraction of sp³-hybridized carbons (Fsp3) is 0.900. The first-order chi connectivity index (χ1) is 14.4. The smallest absolute Gasteiger partial charge is 0.303 e. The summed E-state index contributed by atoms with van der Waals surface area (Å²) < 4.78 is 0. The Kier molecular flexibility index (Phi) is 11.0. The van der Waals surface area contributed by atoms with E-state index in [0.717, 1.165) is 58.9 Å². The molecule has 8 N–H and O–H groups in total. The van der Waals surface area contributed by atoms with Crippen LogP contribution in [-0.2, 0) is 9.59 Å². The lowest BCUT2D eigenvalue weighted by Gasteiger charge is -2.37. The molecule has 0 unspecified atom stereocenters. The van der Waals surface area contributed by atoms with E-state index in [9.17, 15) is 9.59 Å². The Balaban J connectivity index is -0.00000240. The first kappa shape index (κ1) is 25.0. The third kappa shape index (κ3) is 9.67. The molecule has 3 rings (SSSR count). The Morgan fingerprint density at radius 1 is 0.767 bits per heavy atom. The fourth-order valence-electron chi connectivity index (χ4n) is 3.95. The highest BCUT2D eigenvalue weighted by Gasteiger charge is 2.31. The van der Waals surface area contributed by atoms with Crippen molar-refractivity contribution in [3.63, 3.8) is 0 Å². The van der Waals surface area contributed by atoms with Gasteiger partial charge in [-0.3, -0.25) is 9.59 Å². The van der Waals surface area contributed by atoms with Crippen LogP contribution in [0.15, 0.2) is 0 Å². The number of rotatable bonds is 5. The van der Waals surface area contributed by atoms with Gasteiger partial charge in [0.05, 0.1) is 5.54 Å². The Bertz CT molecular complexity index is 507. The van der Waals surface area contributed by atoms with Crippen molar-refractivity contribution in [1.82, 2.24) is 37.2 Å². The van der Waals surface area contributed by atoms with Crippen LogP contribution in [0, 0.1) is 5.41 Å². The maximum Gasteiger partial charge on any atom is 0.303 e. The van der Waals surface area contributed by atoms with E-state index in [1.165, 1.54) is 0 Å². The number of carboxylic acids is 1. The summed E-state index contributed by atoms with van der Waals surface area (Å²) in [5, 5.41) is 33.2. The molecule has 0 atom stereocenters. The Labute approximate surface area is 186 Å². The van der Waals surface area contributed by atoms with Crippen molar-refractivity contribution >= 4 is 11.9 Å². The van der Waals surface area contributed by atoms with Gasteiger partial charge in [-0.15, -0.1) is 0 Å². The van der Waals surface area contributed by atoms with Crippen molar-refractivity contribution < 1.29 is 20.4 Å². The summed E-state index contributed by atoms with van der Waals surface area (Å²) in [6.45, 7) is 12.0. The number of hydrogen-bond donors (Lipinski definition) is 8. The summed E-state index contributed by atoms with van der Waals surface area (Å²) in [7, 11) is 0. The molecule has 3 heterocycles. The van der Waals surface area contributed by atoms with E-state index in [0.29, 0.717) is 26.1 Å². The first-order valence-electron chi connectivity index (χ1n) is 11.2. The van der Waals surface area contributed by atoms with Crippen LogP contribution in [0.3, 0.4) is 0 Å². The fourth-order valence-corrected chi connectivity index (χ4v) is 3.95. The van der Waals surface area contributed by atoms with Gasteiger partial charge in [-0.25, -0.2) is 0 Å². The van der Waals surface area contributed by atoms with Gasteiger partial charge in [-0.2, -0.15) is 0 Å². The molecule has 0 spiro atoms. The van der Waals surface area contributed by atoms with Crippen molar-refractivity contribution in [2.75, 3.05) is 78.5 Å². The minimum absolute atomic E-state index is 0. The molecular weight excluding hydrogens is 386 g/mol. The first-order valence-corrected chi connectivity index (χ1v) is 11.2. The van der Waals surface area contributed by atoms with Gasteiger partial charge in [0.25, 0.3) is 0 Å². The van der Waals surface area contributed by atoms with Gasteiger partial charge < -0.3 is 42.3 Å². The maximum atomic E-state index is 12.6. The van der Waals surface area contributed by atoms with E-state index in [1.54, 1.807) is 0 Å². The lowest BCUT2D eigenvalue weighted by atomic mass is 9.90. The monoisotopic (exact) mass is 435 g/mol. The summed E-state index contributed by atoms with van der Waals surface area (Å²) >= 11 is 0. The minimum atomic E-state index is -0.870. The summed E-state index contributed by atoms with van der Waals surface area (Å²) in [5.41, 5.74) is -0.342. The number of aliphatic carboxylic acids is 1. The molecule has 3 aliphatic heterocycles. The van der Waals surface area contributed by atoms with E-state index >= 15 is 0 Å². The van der Waals surface area contributed by atoms with E-state index in [2.05, 4.69) is 44.1 Å². The number of fused-ring (bicyclic) bond motifs is 15. The van der Waals surface area contributed by atoms with Gasteiger partial charge in [0.2, 0.25) is 5.91 Å². The molecule has 0 saturated carbocycles. The molecule has 10 nitrogen and oxygen atoms in total. The van der Waals surface area contributed by atoms with Crippen LogP contribution in [0.1, 0.15) is 31.9 Å². The maximum absolute atomic E-state index is 12.6. The van der Waals surface area contributed by atoms with E-state index < -0.39 is 11.5 Å². The van der Waals surface area contributed by atoms with Crippen molar-refractivity contribution in [3.8, 4) is 0 Å². The highest BCUT2D eigenvalue weighted by molar-refractivity contribution is 5.77. The van der Waals surface area contributed by atoms with Crippen LogP contribution in [0.5, 0.6) is 0 Å². The third-order valence-electron chi connectivity index (χ3n) is 5.68. The quantitative estimate of drug-likeness (QED) is 0.263. The number of nitrogens with one attached hydrogen (secondary N) is 7. The van der Waals surface area contributed by atoms with Crippen molar-refractivity contribution in [1.29, 1.82) is 0 Å². The van der Waals surface area contributed by atoms with Gasteiger partial charge in [0.1, 0.15) is 0 Å². The van der Waals surface area contributed by atoms with Crippen LogP contribution in [-0.4, -0.2) is 101 Å². The molecule has 2 bridgehead atoms. The molecule has 30 heavy (non-hydrogen) atoms. The zero-order valence-corrected chi connectivity index (χ0v) is 18.4. The molecule has 3 fully saturated rings. The van der Waals surface area contributed by atoms with E-state index in [-0.39, 0.29) is 29.9 Å². The summed E-state index contributed by atoms with van der Waals surface area (Å²) in [6, 6.07) is 0. The highest BCUT2D eigenvalue weighted by Crippen LogP contribution is 2.12. The Morgan fingerprint density at radius 2 is 1.17 bits per heavy atom. The standard InChI is InChI=1S/C20H41N7O3.4H2/c1-19-11-21-5-8-24-14-20(15-25-9-6-22-12-19,16-26-10-7-23-13-19)27-17(28)3-2-4-18(29)30;;;;/h21-26H,2-16H2,1H3,(H,27,28)(H,29,30);4*1H. The second kappa shape index (κ2) is 13.2. The van der Waals surface area contributed by atoms with Crippen LogP contribution in [0.2, 0.25) is 0 Å². The van der Waals surface area contributed by atoms with Crippen molar-refractivity contribution in [3.05, 3.63) is 0 Å². The molecule has 0 aromatic rings. The largest absolute Gasteiger partial charge is 0.481 e. The summed E-state index contributed by atoms with van der Waals surface area (Å²) in [4.78, 5) is 23.3. The Morgan fingerprint density at radius 3 is 1.57 bits per heavy atom. The van der Waals surface area contributed by atoms with Crippen LogP contribution in [0.4, 0.5) is 0 Å². The molecule has 182 valence electrons. The molecule has 0 aromatic heterocycles. The average molecular weight is 436 g/mol. The average Bonchev–Trinajstić information content (AvgIpc) is 2.69. The predicted molar refractivity (Wildman–Crippen MR) is 126 cm³/mol. The number of carbonyl (C=O) groups excluding carboxylic acids is 1. The predicted octanol–water partition coefficient (Wildman–Crippen LogP) is -1.35. The molecular formula is C20H49N7O3. The SMILES string of the molecule is CC12CNCCNCC(NC(=O)CCCC(=O)O)(CNCCNC1)CNCCNC2.[HH].[HH].[HH].[HH]. The highest BCUT2D eigenvalue weighted by atomic mass is 16.4. The molecule has 0 radical (unpaired) electrons. The minimum Gasteiger partial charge on any atom is -0.481 e. The second-order valence-corrected chi connectivity index (χ2v) is 8.95. The van der Waals surface area contributed by atoms with Crippen molar-refractivity contribution in [2.45, 2.75) is 31.7 Å². The molecule has 3 aliphatic rings. The van der Waals surface area contributed by atoms with Crippen LogP contribution < -0.4 is 37.2 Å². The van der Waals surface area contributed by atoms with E-state index in [4.69, 9.17) is 5.11 Å². The molecule has 0 aliphatic carbocycles. The van der Waals surface area contributed by atoms with Gasteiger partial charge in [-0.05, 0) is 6.42 Å². The van der Waals surface area contributed by atoms with Gasteiger partial charge in [-0.1, -0.05) is 6.92 Å². The lowest BCUT2D eigenvalue weighted by molar-refractivity contribution is -0.137. The number of amides is 1. The number of carbonyl (C=O) groups is 2. The zero-order valence-electron chi connectivity index (χ0n) is 18.4. The van der Waals surface area contributed by atoms with E-state index in [1.807, 2.05) is 0 Å². The van der Waals surface area contributed by atoms with Gasteiger partial charge in [0, 0.05) is 103 Å². The Hall–Kier alpha value is -1.30. The number of carboxylic acid groups (broad SMARTS) is 1. The normalized spacial score (nSPS) is 30.2. The molecule has 3 saturated heterocycles. The second-order valence-electron chi connectivity index (χ2n) is 8.95. The molecule has 1 amide bonds. The van der Waals surface area contributed by atoms with Gasteiger partial charge in [0.15, 0.2) is 0 Å². The van der Waals surface area contributed by atoms with Crippen molar-refractivity contribution in [2.24, 2.45) is 5.41 Å².